The monoisotopic (exact) mass is 362 g/mol. The maximum atomic E-state index is 11.9. The van der Waals surface area contributed by atoms with E-state index in [1.54, 1.807) is 14.2 Å². The van der Waals surface area contributed by atoms with Crippen molar-refractivity contribution in [2.45, 2.75) is 32.4 Å². The zero-order valence-corrected chi connectivity index (χ0v) is 14.8. The molecule has 2 rings (SSSR count). The molecular weight excluding hydrogens is 340 g/mol. The molecule has 0 fully saturated rings. The van der Waals surface area contributed by atoms with Gasteiger partial charge in [-0.2, -0.15) is 0 Å². The van der Waals surface area contributed by atoms with E-state index in [2.05, 4.69) is 15.6 Å². The maximum absolute atomic E-state index is 11.9. The highest BCUT2D eigenvalue weighted by atomic mass is 16.5. The molecule has 0 aliphatic carbocycles. The number of carboxylic acid groups (broad SMARTS) is 1. The molecule has 0 atom stereocenters. The molecule has 0 saturated carbocycles. The van der Waals surface area contributed by atoms with Gasteiger partial charge in [0.2, 0.25) is 5.91 Å². The highest BCUT2D eigenvalue weighted by Gasteiger charge is 2.09. The highest BCUT2D eigenvalue weighted by molar-refractivity contribution is 5.75. The van der Waals surface area contributed by atoms with Crippen molar-refractivity contribution in [3.8, 4) is 11.5 Å². The number of rotatable bonds is 10. The fraction of sp³-hybridized carbons (Fsp3) is 0.412. The molecule has 0 saturated heterocycles. The maximum Gasteiger partial charge on any atom is 0.325 e. The largest absolute Gasteiger partial charge is 0.497 e. The van der Waals surface area contributed by atoms with E-state index in [0.29, 0.717) is 25.0 Å². The Labute approximate surface area is 150 Å². The first-order valence-electron chi connectivity index (χ1n) is 8.10. The lowest BCUT2D eigenvalue weighted by Gasteiger charge is -2.10. The minimum absolute atomic E-state index is 0.106. The van der Waals surface area contributed by atoms with Gasteiger partial charge in [0.15, 0.2) is 0 Å². The number of aryl methyl sites for hydroxylation is 1. The predicted octanol–water partition coefficient (Wildman–Crippen LogP) is 1.02. The van der Waals surface area contributed by atoms with Gasteiger partial charge < -0.3 is 19.9 Å². The van der Waals surface area contributed by atoms with Crippen LogP contribution in [0.1, 0.15) is 24.1 Å². The minimum Gasteiger partial charge on any atom is -0.497 e. The third kappa shape index (κ3) is 5.76. The van der Waals surface area contributed by atoms with E-state index in [1.165, 1.54) is 10.9 Å². The van der Waals surface area contributed by atoms with Crippen molar-refractivity contribution in [2.75, 3.05) is 14.2 Å². The summed E-state index contributed by atoms with van der Waals surface area (Å²) in [6, 6.07) is 5.60. The number of hydrogen-bond donors (Lipinski definition) is 2. The van der Waals surface area contributed by atoms with Gasteiger partial charge in [-0.05, 0) is 24.5 Å². The standard InChI is InChI=1S/C17H22N4O5/c1-25-14-7-6-12(15(8-14)26-2)4-3-5-16(22)18-9-13-10-21(20-19-13)11-17(23)24/h6-8,10H,3-5,9,11H2,1-2H3,(H,18,22)(H,23,24). The Balaban J connectivity index is 1.75. The summed E-state index contributed by atoms with van der Waals surface area (Å²) >= 11 is 0. The summed E-state index contributed by atoms with van der Waals surface area (Å²) in [4.78, 5) is 22.5. The van der Waals surface area contributed by atoms with Crippen LogP contribution in [0.25, 0.3) is 0 Å². The van der Waals surface area contributed by atoms with Crippen molar-refractivity contribution in [2.24, 2.45) is 0 Å². The summed E-state index contributed by atoms with van der Waals surface area (Å²) in [5.74, 6) is 0.351. The van der Waals surface area contributed by atoms with Gasteiger partial charge >= 0.3 is 5.97 Å². The van der Waals surface area contributed by atoms with Crippen LogP contribution in [0, 0.1) is 0 Å². The summed E-state index contributed by atoms with van der Waals surface area (Å²) in [5.41, 5.74) is 1.52. The molecule has 140 valence electrons. The van der Waals surface area contributed by atoms with Crippen molar-refractivity contribution < 1.29 is 24.2 Å². The van der Waals surface area contributed by atoms with Crippen LogP contribution >= 0.6 is 0 Å². The number of carbonyl (C=O) groups is 2. The molecule has 1 heterocycles. The number of carbonyl (C=O) groups excluding carboxylic acids is 1. The molecule has 9 heteroatoms. The van der Waals surface area contributed by atoms with Crippen LogP contribution < -0.4 is 14.8 Å². The van der Waals surface area contributed by atoms with Gasteiger partial charge in [0.05, 0.1) is 27.0 Å². The number of amides is 1. The fourth-order valence-electron chi connectivity index (χ4n) is 2.41. The Hall–Kier alpha value is -3.10. The van der Waals surface area contributed by atoms with Gasteiger partial charge in [0.25, 0.3) is 0 Å². The zero-order valence-electron chi connectivity index (χ0n) is 14.8. The number of methoxy groups -OCH3 is 2. The molecule has 0 aliphatic heterocycles. The predicted molar refractivity (Wildman–Crippen MR) is 92.0 cm³/mol. The molecule has 0 aliphatic rings. The summed E-state index contributed by atoms with van der Waals surface area (Å²) in [7, 11) is 3.20. The van der Waals surface area contributed by atoms with E-state index in [9.17, 15) is 9.59 Å². The van der Waals surface area contributed by atoms with Crippen molar-refractivity contribution in [3.63, 3.8) is 0 Å². The summed E-state index contributed by atoms with van der Waals surface area (Å²) < 4.78 is 11.7. The quantitative estimate of drug-likeness (QED) is 0.648. The van der Waals surface area contributed by atoms with Crippen LogP contribution in [-0.2, 0) is 29.1 Å². The lowest BCUT2D eigenvalue weighted by Crippen LogP contribution is -2.22. The van der Waals surface area contributed by atoms with E-state index in [4.69, 9.17) is 14.6 Å². The molecule has 0 spiro atoms. The molecule has 1 aromatic carbocycles. The molecule has 0 bridgehead atoms. The molecule has 1 aromatic heterocycles. The van der Waals surface area contributed by atoms with E-state index in [-0.39, 0.29) is 19.0 Å². The number of aromatic nitrogens is 3. The Morgan fingerprint density at radius 2 is 2.08 bits per heavy atom. The molecule has 1 amide bonds. The smallest absolute Gasteiger partial charge is 0.325 e. The summed E-state index contributed by atoms with van der Waals surface area (Å²) in [5, 5.41) is 18.9. The second kappa shape index (κ2) is 9.40. The summed E-state index contributed by atoms with van der Waals surface area (Å²) in [6.45, 7) is -0.0467. The number of hydrogen-bond acceptors (Lipinski definition) is 6. The molecular formula is C17H22N4O5. The molecule has 9 nitrogen and oxygen atoms in total. The molecule has 26 heavy (non-hydrogen) atoms. The van der Waals surface area contributed by atoms with Gasteiger partial charge in [-0.25, -0.2) is 4.68 Å². The Morgan fingerprint density at radius 3 is 2.77 bits per heavy atom. The van der Waals surface area contributed by atoms with Crippen molar-refractivity contribution in [1.29, 1.82) is 0 Å². The van der Waals surface area contributed by atoms with E-state index >= 15 is 0 Å². The van der Waals surface area contributed by atoms with Crippen LogP contribution in [0.2, 0.25) is 0 Å². The topological polar surface area (TPSA) is 116 Å². The van der Waals surface area contributed by atoms with E-state index < -0.39 is 5.97 Å². The lowest BCUT2D eigenvalue weighted by atomic mass is 10.1. The van der Waals surface area contributed by atoms with Crippen LogP contribution in [0.4, 0.5) is 0 Å². The summed E-state index contributed by atoms with van der Waals surface area (Å²) in [6.07, 6.45) is 3.23. The molecule has 2 N–H and O–H groups in total. The number of aliphatic carboxylic acids is 1. The second-order valence-electron chi connectivity index (χ2n) is 5.61. The normalized spacial score (nSPS) is 10.4. The van der Waals surface area contributed by atoms with Gasteiger partial charge in [0.1, 0.15) is 23.7 Å². The SMILES string of the molecule is COc1ccc(CCCC(=O)NCc2cn(CC(=O)O)nn2)c(OC)c1. The lowest BCUT2D eigenvalue weighted by molar-refractivity contribution is -0.138. The molecule has 0 radical (unpaired) electrons. The van der Waals surface area contributed by atoms with Gasteiger partial charge in [0, 0.05) is 12.5 Å². The number of carboxylic acids is 1. The molecule has 0 unspecified atom stereocenters. The number of benzene rings is 1. The van der Waals surface area contributed by atoms with Crippen LogP contribution in [0.5, 0.6) is 11.5 Å². The average Bonchev–Trinajstić information content (AvgIpc) is 3.06. The Morgan fingerprint density at radius 1 is 1.27 bits per heavy atom. The van der Waals surface area contributed by atoms with Crippen molar-refractivity contribution in [1.82, 2.24) is 20.3 Å². The first kappa shape index (κ1) is 19.2. The number of nitrogens with zero attached hydrogens (tertiary/aromatic N) is 3. The first-order valence-corrected chi connectivity index (χ1v) is 8.10. The fourth-order valence-corrected chi connectivity index (χ4v) is 2.41. The van der Waals surface area contributed by atoms with Gasteiger partial charge in [-0.1, -0.05) is 11.3 Å². The molecule has 2 aromatic rings. The van der Waals surface area contributed by atoms with Gasteiger partial charge in [-0.15, -0.1) is 5.10 Å². The van der Waals surface area contributed by atoms with Crippen molar-refractivity contribution >= 4 is 11.9 Å². The number of ether oxygens (including phenoxy) is 2. The van der Waals surface area contributed by atoms with E-state index in [0.717, 1.165) is 17.1 Å². The van der Waals surface area contributed by atoms with Crippen molar-refractivity contribution in [3.05, 3.63) is 35.7 Å². The average molecular weight is 362 g/mol. The Kier molecular flexibility index (Phi) is 6.95. The van der Waals surface area contributed by atoms with Gasteiger partial charge in [-0.3, -0.25) is 9.59 Å². The second-order valence-corrected chi connectivity index (χ2v) is 5.61. The minimum atomic E-state index is -1.00. The van der Waals surface area contributed by atoms with Crippen LogP contribution in [0.3, 0.4) is 0 Å². The third-order valence-electron chi connectivity index (χ3n) is 3.69. The van der Waals surface area contributed by atoms with E-state index in [1.807, 2.05) is 18.2 Å². The van der Waals surface area contributed by atoms with Crippen LogP contribution in [0.15, 0.2) is 24.4 Å². The highest BCUT2D eigenvalue weighted by Crippen LogP contribution is 2.25. The number of nitrogens with one attached hydrogen (secondary N) is 1. The van der Waals surface area contributed by atoms with Crippen LogP contribution in [-0.4, -0.2) is 46.2 Å². The Bertz CT molecular complexity index is 759. The zero-order chi connectivity index (χ0) is 18.9. The third-order valence-corrected chi connectivity index (χ3v) is 3.69. The first-order chi connectivity index (χ1) is 12.5.